The van der Waals surface area contributed by atoms with Gasteiger partial charge in [-0.3, -0.25) is 19.7 Å². The second-order valence-electron chi connectivity index (χ2n) is 11.2. The summed E-state index contributed by atoms with van der Waals surface area (Å²) in [7, 11) is -1.98. The number of aromatic nitrogens is 1. The number of esters is 2. The van der Waals surface area contributed by atoms with Gasteiger partial charge in [0.2, 0.25) is 5.91 Å². The van der Waals surface area contributed by atoms with E-state index in [1.54, 1.807) is 10.4 Å². The van der Waals surface area contributed by atoms with Crippen molar-refractivity contribution in [1.82, 2.24) is 9.88 Å². The number of benzene rings is 1. The van der Waals surface area contributed by atoms with E-state index in [-0.39, 0.29) is 54.5 Å². The third kappa shape index (κ3) is 7.40. The Morgan fingerprint density at radius 2 is 1.82 bits per heavy atom. The molecule has 0 unspecified atom stereocenters. The number of thiazole rings is 1. The zero-order valence-electron chi connectivity index (χ0n) is 26.3. The molecule has 4 atom stereocenters. The second kappa shape index (κ2) is 14.8. The van der Waals surface area contributed by atoms with Crippen molar-refractivity contribution in [2.45, 2.75) is 85.0 Å². The molecule has 11 nitrogen and oxygen atoms in total. The quantitative estimate of drug-likeness (QED) is 0.0663. The van der Waals surface area contributed by atoms with Gasteiger partial charge in [-0.1, -0.05) is 39.5 Å². The van der Waals surface area contributed by atoms with Gasteiger partial charge in [0.15, 0.2) is 8.32 Å². The minimum atomic E-state index is -1.98. The van der Waals surface area contributed by atoms with Gasteiger partial charge < -0.3 is 18.8 Å². The highest BCUT2D eigenvalue weighted by Crippen LogP contribution is 2.52. The number of nitrogens with zero attached hydrogens (tertiary/aromatic N) is 3. The van der Waals surface area contributed by atoms with Crippen molar-refractivity contribution in [2.75, 3.05) is 0 Å². The van der Waals surface area contributed by atoms with Gasteiger partial charge in [0, 0.05) is 29.9 Å². The first kappa shape index (κ1) is 34.5. The van der Waals surface area contributed by atoms with Gasteiger partial charge >= 0.3 is 11.9 Å². The zero-order valence-corrected chi connectivity index (χ0v) is 28.9. The van der Waals surface area contributed by atoms with Crippen molar-refractivity contribution in [3.63, 3.8) is 0 Å². The summed E-state index contributed by atoms with van der Waals surface area (Å²) in [5.74, 6) is -1.72. The maximum atomic E-state index is 13.7. The van der Waals surface area contributed by atoms with Crippen molar-refractivity contribution < 1.29 is 33.2 Å². The molecule has 0 saturated carbocycles. The fraction of sp³-hybridized carbons (Fsp3) is 0.484. The van der Waals surface area contributed by atoms with E-state index in [1.165, 1.54) is 54.3 Å². The number of hydrogen-bond acceptors (Lipinski definition) is 11. The van der Waals surface area contributed by atoms with E-state index in [9.17, 15) is 24.5 Å². The standard InChI is InChI=1S/C31H39N3O8S2Si/c1-7-45(8-2,9-3)42-20(5)26-27-19(4)29(43-15-14-25-24(32-18-44-25)17-40-21(6)35)28(33(27)30(26)36)31(37)41-16-22-10-12-23(13-11-22)34(38)39/h10-15,18-20,26-27H,7-9,16-17H2,1-6H3/t19-,20-,26-,27-/m1/s1. The molecule has 2 aliphatic rings. The molecule has 1 aromatic heterocycles. The van der Waals surface area contributed by atoms with Crippen LogP contribution >= 0.6 is 23.1 Å². The summed E-state index contributed by atoms with van der Waals surface area (Å²) in [6.07, 6.45) is 1.57. The largest absolute Gasteiger partial charge is 0.459 e. The van der Waals surface area contributed by atoms with Crippen molar-refractivity contribution in [2.24, 2.45) is 11.8 Å². The molecule has 1 fully saturated rings. The van der Waals surface area contributed by atoms with Crippen molar-refractivity contribution in [3.8, 4) is 0 Å². The highest BCUT2D eigenvalue weighted by atomic mass is 32.2. The molecule has 0 radical (unpaired) electrons. The van der Waals surface area contributed by atoms with Gasteiger partial charge in [-0.2, -0.15) is 0 Å². The number of carbonyl (C=O) groups is 3. The molecule has 2 aliphatic heterocycles. The molecule has 0 N–H and O–H groups in total. The van der Waals surface area contributed by atoms with Crippen LogP contribution in [0.15, 0.2) is 45.8 Å². The Labute approximate surface area is 272 Å². The number of thioether (sulfide) groups is 1. The third-order valence-electron chi connectivity index (χ3n) is 8.67. The van der Waals surface area contributed by atoms with Crippen LogP contribution in [0, 0.1) is 22.0 Å². The van der Waals surface area contributed by atoms with Crippen molar-refractivity contribution >= 4 is 61.0 Å². The second-order valence-corrected chi connectivity index (χ2v) is 17.7. The van der Waals surface area contributed by atoms with Crippen LogP contribution in [0.4, 0.5) is 5.69 Å². The molecule has 1 amide bonds. The normalized spacial score (nSPS) is 20.3. The van der Waals surface area contributed by atoms with Gasteiger partial charge in [0.1, 0.15) is 18.9 Å². The van der Waals surface area contributed by atoms with E-state index < -0.39 is 25.2 Å². The summed E-state index contributed by atoms with van der Waals surface area (Å²) in [5.41, 5.74) is 3.05. The average molecular weight is 674 g/mol. The number of rotatable bonds is 15. The number of amides is 1. The van der Waals surface area contributed by atoms with E-state index in [4.69, 9.17) is 13.9 Å². The summed E-state index contributed by atoms with van der Waals surface area (Å²) in [4.78, 5) is 56.5. The Hall–Kier alpha value is -3.33. The zero-order chi connectivity index (χ0) is 32.9. The first-order valence-corrected chi connectivity index (χ1v) is 19.3. The van der Waals surface area contributed by atoms with E-state index in [0.717, 1.165) is 23.0 Å². The lowest BCUT2D eigenvalue weighted by Gasteiger charge is -2.49. The third-order valence-corrected chi connectivity index (χ3v) is 15.3. The number of hydrogen-bond donors (Lipinski definition) is 0. The topological polar surface area (TPSA) is 138 Å². The van der Waals surface area contributed by atoms with E-state index in [2.05, 4.69) is 25.8 Å². The van der Waals surface area contributed by atoms with Crippen LogP contribution in [0.25, 0.3) is 6.08 Å². The van der Waals surface area contributed by atoms with Crippen molar-refractivity contribution in [3.05, 3.63) is 72.0 Å². The maximum Gasteiger partial charge on any atom is 0.356 e. The molecule has 14 heteroatoms. The summed E-state index contributed by atoms with van der Waals surface area (Å²) >= 11 is 2.75. The summed E-state index contributed by atoms with van der Waals surface area (Å²) < 4.78 is 17.5. The molecule has 3 heterocycles. The molecular weight excluding hydrogens is 635 g/mol. The van der Waals surface area contributed by atoms with Gasteiger partial charge in [-0.15, -0.1) is 11.3 Å². The number of β-lactam (4-membered cyclic amide) rings is 1. The van der Waals surface area contributed by atoms with Gasteiger partial charge in [0.05, 0.1) is 39.1 Å². The van der Waals surface area contributed by atoms with Crippen LogP contribution in [0.2, 0.25) is 18.1 Å². The van der Waals surface area contributed by atoms with Crippen LogP contribution in [0.1, 0.15) is 57.7 Å². The lowest BCUT2D eigenvalue weighted by atomic mass is 9.79. The minimum Gasteiger partial charge on any atom is -0.459 e. The predicted molar refractivity (Wildman–Crippen MR) is 175 cm³/mol. The number of nitro groups is 1. The predicted octanol–water partition coefficient (Wildman–Crippen LogP) is 6.66. The Bertz CT molecular complexity index is 1480. The van der Waals surface area contributed by atoms with E-state index in [0.29, 0.717) is 16.2 Å². The van der Waals surface area contributed by atoms with Gasteiger partial charge in [-0.25, -0.2) is 9.78 Å². The Balaban J connectivity index is 1.58. The molecule has 0 bridgehead atoms. The SMILES string of the molecule is CC[Si](CC)(CC)O[C@H](C)[C@H]1C(=O)N2C(C(=O)OCc3ccc([N+](=O)[O-])cc3)=C(SC=Cc3scnc3COC(C)=O)[C@H](C)[C@H]12. The number of ether oxygens (including phenoxy) is 2. The molecule has 0 aliphatic carbocycles. The highest BCUT2D eigenvalue weighted by molar-refractivity contribution is 8.06. The fourth-order valence-corrected chi connectivity index (χ4v) is 10.6. The van der Waals surface area contributed by atoms with Crippen LogP contribution in [-0.4, -0.2) is 53.1 Å². The maximum absolute atomic E-state index is 13.7. The first-order chi connectivity index (χ1) is 21.5. The Morgan fingerprint density at radius 1 is 1.16 bits per heavy atom. The lowest BCUT2D eigenvalue weighted by Crippen LogP contribution is -2.65. The number of non-ortho nitro benzene ring substituents is 1. The Kier molecular flexibility index (Phi) is 11.4. The molecular formula is C31H39N3O8S2Si. The monoisotopic (exact) mass is 673 g/mol. The molecule has 242 valence electrons. The van der Waals surface area contributed by atoms with Gasteiger partial charge in [0.25, 0.3) is 5.69 Å². The minimum absolute atomic E-state index is 0.0578. The molecule has 1 aromatic carbocycles. The number of carbonyl (C=O) groups excluding carboxylic acids is 3. The molecule has 1 saturated heterocycles. The average Bonchev–Trinajstić information content (AvgIpc) is 3.57. The summed E-state index contributed by atoms with van der Waals surface area (Å²) in [5, 5.41) is 12.8. The Morgan fingerprint density at radius 3 is 2.42 bits per heavy atom. The van der Waals surface area contributed by atoms with Crippen LogP contribution in [0.5, 0.6) is 0 Å². The molecule has 2 aromatic rings. The van der Waals surface area contributed by atoms with Crippen molar-refractivity contribution in [1.29, 1.82) is 0 Å². The first-order valence-electron chi connectivity index (χ1n) is 15.0. The van der Waals surface area contributed by atoms with E-state index in [1.807, 2.05) is 25.3 Å². The summed E-state index contributed by atoms with van der Waals surface area (Å²) in [6.45, 7) is 11.7. The summed E-state index contributed by atoms with van der Waals surface area (Å²) in [6, 6.07) is 8.45. The number of nitro benzene ring substituents is 1. The van der Waals surface area contributed by atoms with Crippen LogP contribution in [-0.2, 0) is 41.5 Å². The molecule has 4 rings (SSSR count). The molecule has 45 heavy (non-hydrogen) atoms. The smallest absolute Gasteiger partial charge is 0.356 e. The van der Waals surface area contributed by atoms with Crippen LogP contribution in [0.3, 0.4) is 0 Å². The van der Waals surface area contributed by atoms with Crippen LogP contribution < -0.4 is 0 Å². The van der Waals surface area contributed by atoms with Gasteiger partial charge in [-0.05, 0) is 54.2 Å². The lowest BCUT2D eigenvalue weighted by molar-refractivity contribution is -0.384. The molecule has 0 spiro atoms. The fourth-order valence-electron chi connectivity index (χ4n) is 5.92. The number of fused-ring (bicyclic) bond motifs is 1. The highest BCUT2D eigenvalue weighted by Gasteiger charge is 2.61. The van der Waals surface area contributed by atoms with E-state index >= 15 is 0 Å².